The maximum Gasteiger partial charge on any atom is 0.123 e. The summed E-state index contributed by atoms with van der Waals surface area (Å²) in [6.07, 6.45) is 0. The summed E-state index contributed by atoms with van der Waals surface area (Å²) < 4.78 is 13.2. The Morgan fingerprint density at radius 1 is 0.947 bits per heavy atom. The molecule has 0 amide bonds. The Morgan fingerprint density at radius 3 is 2.11 bits per heavy atom. The molecule has 0 heterocycles. The van der Waals surface area contributed by atoms with Crippen molar-refractivity contribution in [3.8, 4) is 0 Å². The Kier molecular flexibility index (Phi) is 3.72. The molecule has 0 bridgehead atoms. The van der Waals surface area contributed by atoms with Gasteiger partial charge in [0.15, 0.2) is 0 Å². The molecule has 0 spiro atoms. The molecule has 0 aliphatic heterocycles. The van der Waals surface area contributed by atoms with E-state index in [0.717, 1.165) is 11.1 Å². The van der Waals surface area contributed by atoms with E-state index >= 15 is 0 Å². The van der Waals surface area contributed by atoms with Gasteiger partial charge in [-0.2, -0.15) is 0 Å². The van der Waals surface area contributed by atoms with Crippen LogP contribution in [0.1, 0.15) is 43.5 Å². The highest BCUT2D eigenvalue weighted by molar-refractivity contribution is 5.35. The maximum absolute atomic E-state index is 13.2. The first kappa shape index (κ1) is 13.8. The van der Waals surface area contributed by atoms with Gasteiger partial charge in [0.2, 0.25) is 0 Å². The lowest BCUT2D eigenvalue weighted by Crippen LogP contribution is -2.14. The van der Waals surface area contributed by atoms with E-state index in [1.165, 1.54) is 17.7 Å². The van der Waals surface area contributed by atoms with E-state index in [9.17, 15) is 4.39 Å². The van der Waals surface area contributed by atoms with Crippen molar-refractivity contribution in [2.45, 2.75) is 32.2 Å². The predicted molar refractivity (Wildman–Crippen MR) is 77.6 cm³/mol. The monoisotopic (exact) mass is 257 g/mol. The first-order chi connectivity index (χ1) is 8.88. The van der Waals surface area contributed by atoms with Gasteiger partial charge in [0.25, 0.3) is 0 Å². The summed E-state index contributed by atoms with van der Waals surface area (Å²) >= 11 is 0. The van der Waals surface area contributed by atoms with Crippen LogP contribution in [0.25, 0.3) is 0 Å². The number of benzene rings is 2. The van der Waals surface area contributed by atoms with Gasteiger partial charge in [0, 0.05) is 0 Å². The van der Waals surface area contributed by atoms with Crippen LogP contribution in [0.5, 0.6) is 0 Å². The number of halogens is 1. The van der Waals surface area contributed by atoms with Crippen molar-refractivity contribution in [2.24, 2.45) is 5.73 Å². The van der Waals surface area contributed by atoms with Gasteiger partial charge < -0.3 is 5.73 Å². The van der Waals surface area contributed by atoms with E-state index in [1.807, 2.05) is 18.2 Å². The van der Waals surface area contributed by atoms with E-state index in [4.69, 9.17) is 5.73 Å². The summed E-state index contributed by atoms with van der Waals surface area (Å²) in [6, 6.07) is 14.4. The minimum atomic E-state index is -0.287. The smallest absolute Gasteiger partial charge is 0.123 e. The van der Waals surface area contributed by atoms with E-state index in [1.54, 1.807) is 6.07 Å². The van der Waals surface area contributed by atoms with Crippen LogP contribution in [-0.2, 0) is 5.41 Å². The molecule has 0 aliphatic carbocycles. The Labute approximate surface area is 114 Å². The van der Waals surface area contributed by atoms with Gasteiger partial charge in [-0.1, -0.05) is 57.2 Å². The molecule has 2 aromatic carbocycles. The molecule has 2 aromatic rings. The Hall–Kier alpha value is -1.67. The van der Waals surface area contributed by atoms with Crippen LogP contribution in [0.4, 0.5) is 4.39 Å². The van der Waals surface area contributed by atoms with Crippen molar-refractivity contribution in [1.82, 2.24) is 0 Å². The van der Waals surface area contributed by atoms with Crippen molar-refractivity contribution < 1.29 is 4.39 Å². The summed E-state index contributed by atoms with van der Waals surface area (Å²) in [5.41, 5.74) is 9.36. The highest BCUT2D eigenvalue weighted by Gasteiger charge is 2.15. The molecule has 0 fully saturated rings. The van der Waals surface area contributed by atoms with Gasteiger partial charge in [-0.05, 0) is 34.2 Å². The van der Waals surface area contributed by atoms with Crippen molar-refractivity contribution in [2.75, 3.05) is 0 Å². The third-order valence-electron chi connectivity index (χ3n) is 3.34. The van der Waals surface area contributed by atoms with E-state index < -0.39 is 0 Å². The van der Waals surface area contributed by atoms with Crippen LogP contribution in [0, 0.1) is 5.82 Å². The van der Waals surface area contributed by atoms with Gasteiger partial charge in [0.05, 0.1) is 6.04 Å². The zero-order valence-corrected chi connectivity index (χ0v) is 11.7. The molecule has 0 aromatic heterocycles. The molecule has 100 valence electrons. The third-order valence-corrected chi connectivity index (χ3v) is 3.34. The first-order valence-electron chi connectivity index (χ1n) is 6.49. The zero-order chi connectivity index (χ0) is 14.0. The quantitative estimate of drug-likeness (QED) is 0.858. The van der Waals surface area contributed by atoms with Gasteiger partial charge >= 0.3 is 0 Å². The molecule has 0 saturated carbocycles. The fourth-order valence-electron chi connectivity index (χ4n) is 2.08. The summed E-state index contributed by atoms with van der Waals surface area (Å²) in [5, 5.41) is 0. The third kappa shape index (κ3) is 3.21. The van der Waals surface area contributed by atoms with Crippen LogP contribution in [-0.4, -0.2) is 0 Å². The van der Waals surface area contributed by atoms with Gasteiger partial charge in [-0.15, -0.1) is 0 Å². The second-order valence-corrected chi connectivity index (χ2v) is 5.90. The van der Waals surface area contributed by atoms with Crippen LogP contribution in [0.2, 0.25) is 0 Å². The minimum absolute atomic E-state index is 0.126. The van der Waals surface area contributed by atoms with Crippen molar-refractivity contribution >= 4 is 0 Å². The number of nitrogens with two attached hydrogens (primary N) is 1. The molecule has 0 saturated heterocycles. The highest BCUT2D eigenvalue weighted by Crippen LogP contribution is 2.25. The average molecular weight is 257 g/mol. The lowest BCUT2D eigenvalue weighted by atomic mass is 9.86. The molecule has 19 heavy (non-hydrogen) atoms. The molecule has 2 N–H and O–H groups in total. The van der Waals surface area contributed by atoms with E-state index in [2.05, 4.69) is 32.9 Å². The molecule has 2 rings (SSSR count). The Balaban J connectivity index is 2.27. The first-order valence-corrected chi connectivity index (χ1v) is 6.49. The molecular formula is C17H20FN. The topological polar surface area (TPSA) is 26.0 Å². The average Bonchev–Trinajstić information content (AvgIpc) is 2.37. The summed E-state index contributed by atoms with van der Waals surface area (Å²) in [6.45, 7) is 6.53. The van der Waals surface area contributed by atoms with Crippen LogP contribution in [0.3, 0.4) is 0 Å². The van der Waals surface area contributed by atoms with Crippen molar-refractivity contribution in [1.29, 1.82) is 0 Å². The van der Waals surface area contributed by atoms with Crippen molar-refractivity contribution in [3.63, 3.8) is 0 Å². The van der Waals surface area contributed by atoms with Crippen LogP contribution >= 0.6 is 0 Å². The fraction of sp³-hybridized carbons (Fsp3) is 0.294. The standard InChI is InChI=1S/C17H20FN/c1-17(2,3)14-9-7-12(8-10-14)16(19)13-5-4-6-15(18)11-13/h4-11,16H,19H2,1-3H3. The lowest BCUT2D eigenvalue weighted by Gasteiger charge is -2.20. The molecule has 0 aliphatic rings. The highest BCUT2D eigenvalue weighted by atomic mass is 19.1. The summed E-state index contributed by atoms with van der Waals surface area (Å²) in [4.78, 5) is 0. The molecule has 1 unspecified atom stereocenters. The number of rotatable bonds is 2. The molecule has 2 heteroatoms. The Bertz CT molecular complexity index is 552. The molecule has 1 nitrogen and oxygen atoms in total. The largest absolute Gasteiger partial charge is 0.320 e. The predicted octanol–water partition coefficient (Wildman–Crippen LogP) is 4.17. The fourth-order valence-corrected chi connectivity index (χ4v) is 2.08. The van der Waals surface area contributed by atoms with Gasteiger partial charge in [0.1, 0.15) is 5.82 Å². The minimum Gasteiger partial charge on any atom is -0.320 e. The maximum atomic E-state index is 13.2. The number of hydrogen-bond donors (Lipinski definition) is 1. The second-order valence-electron chi connectivity index (χ2n) is 5.90. The van der Waals surface area contributed by atoms with Crippen LogP contribution in [0.15, 0.2) is 48.5 Å². The van der Waals surface area contributed by atoms with E-state index in [-0.39, 0.29) is 17.3 Å². The number of hydrogen-bond acceptors (Lipinski definition) is 1. The molecular weight excluding hydrogens is 237 g/mol. The summed E-state index contributed by atoms with van der Waals surface area (Å²) in [5.74, 6) is -0.251. The SMILES string of the molecule is CC(C)(C)c1ccc(C(N)c2cccc(F)c2)cc1. The molecule has 0 radical (unpaired) electrons. The normalized spacial score (nSPS) is 13.3. The summed E-state index contributed by atoms with van der Waals surface area (Å²) in [7, 11) is 0. The second kappa shape index (κ2) is 5.14. The van der Waals surface area contributed by atoms with Crippen LogP contribution < -0.4 is 5.73 Å². The zero-order valence-electron chi connectivity index (χ0n) is 11.7. The lowest BCUT2D eigenvalue weighted by molar-refractivity contribution is 0.589. The van der Waals surface area contributed by atoms with Gasteiger partial charge in [-0.3, -0.25) is 0 Å². The van der Waals surface area contributed by atoms with Crippen molar-refractivity contribution in [3.05, 3.63) is 71.0 Å². The molecule has 1 atom stereocenters. The van der Waals surface area contributed by atoms with E-state index in [0.29, 0.717) is 0 Å². The Morgan fingerprint density at radius 2 is 1.58 bits per heavy atom. The van der Waals surface area contributed by atoms with Gasteiger partial charge in [-0.25, -0.2) is 4.39 Å².